The number of carbonyl (C=O) groups is 1. The molecule has 1 heterocycles. The second kappa shape index (κ2) is 7.62. The minimum absolute atomic E-state index is 0.132. The molecule has 134 valence electrons. The third-order valence-corrected chi connectivity index (χ3v) is 4.36. The Kier molecular flexibility index (Phi) is 5.28. The number of halogens is 1. The summed E-state index contributed by atoms with van der Waals surface area (Å²) in [4.78, 5) is 24.8. The van der Waals surface area contributed by atoms with Crippen molar-refractivity contribution in [2.24, 2.45) is 7.05 Å². The number of carbonyl (C=O) groups excluding carboxylic acids is 1. The fraction of sp³-hybridized carbons (Fsp3) is 0.200. The van der Waals surface area contributed by atoms with Crippen molar-refractivity contribution in [3.8, 4) is 5.75 Å². The van der Waals surface area contributed by atoms with E-state index in [2.05, 4.69) is 5.32 Å². The smallest absolute Gasteiger partial charge is 0.258 e. The normalized spacial score (nSPS) is 12.0. The zero-order chi connectivity index (χ0) is 18.7. The van der Waals surface area contributed by atoms with E-state index in [0.717, 1.165) is 0 Å². The zero-order valence-electron chi connectivity index (χ0n) is 14.5. The average molecular weight is 371 g/mol. The highest BCUT2D eigenvalue weighted by molar-refractivity contribution is 6.32. The van der Waals surface area contributed by atoms with E-state index in [-0.39, 0.29) is 17.6 Å². The van der Waals surface area contributed by atoms with Gasteiger partial charge >= 0.3 is 0 Å². The Bertz CT molecular complexity index is 1010. The molecule has 6 heteroatoms. The van der Waals surface area contributed by atoms with Gasteiger partial charge in [-0.15, -0.1) is 0 Å². The van der Waals surface area contributed by atoms with Crippen molar-refractivity contribution in [1.29, 1.82) is 0 Å². The minimum Gasteiger partial charge on any atom is -0.487 e. The van der Waals surface area contributed by atoms with E-state index in [1.807, 2.05) is 25.1 Å². The van der Waals surface area contributed by atoms with Crippen molar-refractivity contribution in [2.45, 2.75) is 13.0 Å². The molecule has 1 unspecified atom stereocenters. The number of ether oxygens (including phenoxy) is 1. The molecule has 26 heavy (non-hydrogen) atoms. The molecule has 0 fully saturated rings. The van der Waals surface area contributed by atoms with Crippen LogP contribution in [0.4, 0.5) is 0 Å². The zero-order valence-corrected chi connectivity index (χ0v) is 15.3. The van der Waals surface area contributed by atoms with E-state index in [1.54, 1.807) is 43.6 Å². The van der Waals surface area contributed by atoms with Gasteiger partial charge in [0.15, 0.2) is 0 Å². The molecule has 1 atom stereocenters. The maximum atomic E-state index is 12.6. The molecule has 3 aromatic rings. The second-order valence-corrected chi connectivity index (χ2v) is 6.48. The number of aryl methyl sites for hydroxylation is 1. The molecule has 0 aliphatic carbocycles. The van der Waals surface area contributed by atoms with Crippen molar-refractivity contribution < 1.29 is 9.53 Å². The van der Waals surface area contributed by atoms with Gasteiger partial charge in [-0.1, -0.05) is 41.9 Å². The van der Waals surface area contributed by atoms with Crippen LogP contribution in [0.5, 0.6) is 5.75 Å². The Labute approximate surface area is 156 Å². The highest BCUT2D eigenvalue weighted by Crippen LogP contribution is 2.24. The third-order valence-electron chi connectivity index (χ3n) is 4.05. The highest BCUT2D eigenvalue weighted by Gasteiger charge is 2.15. The summed E-state index contributed by atoms with van der Waals surface area (Å²) in [6, 6.07) is 14.3. The summed E-state index contributed by atoms with van der Waals surface area (Å²) >= 11 is 6.08. The van der Waals surface area contributed by atoms with Crippen molar-refractivity contribution >= 4 is 28.3 Å². The lowest BCUT2D eigenvalue weighted by Crippen LogP contribution is -2.34. The van der Waals surface area contributed by atoms with Crippen molar-refractivity contribution in [3.05, 3.63) is 75.7 Å². The van der Waals surface area contributed by atoms with Crippen LogP contribution in [0.1, 0.15) is 17.3 Å². The van der Waals surface area contributed by atoms with Crippen LogP contribution >= 0.6 is 11.6 Å². The molecule has 0 spiro atoms. The lowest BCUT2D eigenvalue weighted by atomic mass is 10.1. The first kappa shape index (κ1) is 18.0. The van der Waals surface area contributed by atoms with E-state index in [1.165, 1.54) is 4.57 Å². The van der Waals surface area contributed by atoms with Crippen LogP contribution in [0.25, 0.3) is 10.8 Å². The molecule has 0 saturated heterocycles. The largest absolute Gasteiger partial charge is 0.487 e. The highest BCUT2D eigenvalue weighted by atomic mass is 35.5. The van der Waals surface area contributed by atoms with E-state index in [0.29, 0.717) is 33.7 Å². The molecule has 3 rings (SSSR count). The lowest BCUT2D eigenvalue weighted by Gasteiger charge is -2.17. The van der Waals surface area contributed by atoms with Gasteiger partial charge in [0.1, 0.15) is 11.9 Å². The summed E-state index contributed by atoms with van der Waals surface area (Å²) in [5, 5.41) is 4.53. The fourth-order valence-corrected chi connectivity index (χ4v) is 2.91. The summed E-state index contributed by atoms with van der Waals surface area (Å²) in [7, 11) is 1.63. The monoisotopic (exact) mass is 370 g/mol. The van der Waals surface area contributed by atoms with Gasteiger partial charge in [0.05, 0.1) is 17.1 Å². The quantitative estimate of drug-likeness (QED) is 0.748. The topological polar surface area (TPSA) is 60.3 Å². The van der Waals surface area contributed by atoms with Crippen molar-refractivity contribution in [1.82, 2.24) is 9.88 Å². The molecule has 2 aromatic carbocycles. The Morgan fingerprint density at radius 1 is 1.15 bits per heavy atom. The average Bonchev–Trinajstić information content (AvgIpc) is 2.64. The molecular formula is C20H19ClN2O3. The number of hydrogen-bond acceptors (Lipinski definition) is 3. The van der Waals surface area contributed by atoms with E-state index in [9.17, 15) is 9.59 Å². The predicted octanol–water partition coefficient (Wildman–Crippen LogP) is 3.39. The van der Waals surface area contributed by atoms with Crippen molar-refractivity contribution in [3.63, 3.8) is 0 Å². The molecule has 1 amide bonds. The van der Waals surface area contributed by atoms with Crippen molar-refractivity contribution in [2.75, 3.05) is 6.54 Å². The fourth-order valence-electron chi connectivity index (χ4n) is 2.73. The molecule has 5 nitrogen and oxygen atoms in total. The Hall–Kier alpha value is -2.79. The Balaban J connectivity index is 1.75. The number of hydrogen-bond donors (Lipinski definition) is 1. The second-order valence-electron chi connectivity index (χ2n) is 6.07. The predicted molar refractivity (Wildman–Crippen MR) is 103 cm³/mol. The van der Waals surface area contributed by atoms with Gasteiger partial charge in [0.2, 0.25) is 0 Å². The van der Waals surface area contributed by atoms with Gasteiger partial charge < -0.3 is 14.6 Å². The number of benzene rings is 2. The van der Waals surface area contributed by atoms with Crippen LogP contribution in [0, 0.1) is 0 Å². The molecule has 0 saturated carbocycles. The van der Waals surface area contributed by atoms with E-state index < -0.39 is 0 Å². The summed E-state index contributed by atoms with van der Waals surface area (Å²) in [5.41, 5.74) is 0.320. The number of fused-ring (bicyclic) bond motifs is 1. The first-order valence-electron chi connectivity index (χ1n) is 8.25. The molecule has 1 N–H and O–H groups in total. The first-order valence-corrected chi connectivity index (χ1v) is 8.63. The van der Waals surface area contributed by atoms with Gasteiger partial charge in [0.25, 0.3) is 11.5 Å². The third kappa shape index (κ3) is 3.73. The summed E-state index contributed by atoms with van der Waals surface area (Å²) < 4.78 is 7.18. The standard InChI is InChI=1S/C20H19ClN2O3/c1-13(26-18-10-6-5-9-17(18)21)11-22-19(24)16-12-23(2)20(25)15-8-4-3-7-14(15)16/h3-10,12-13H,11H2,1-2H3,(H,22,24). The number of para-hydroxylation sites is 1. The van der Waals surface area contributed by atoms with Gasteiger partial charge in [-0.05, 0) is 25.1 Å². The van der Waals surface area contributed by atoms with Gasteiger partial charge in [-0.2, -0.15) is 0 Å². The molecule has 1 aromatic heterocycles. The molecule has 0 aliphatic rings. The lowest BCUT2D eigenvalue weighted by molar-refractivity contribution is 0.0933. The maximum absolute atomic E-state index is 12.6. The number of aromatic nitrogens is 1. The van der Waals surface area contributed by atoms with Crippen LogP contribution < -0.4 is 15.6 Å². The minimum atomic E-state index is -0.266. The number of amides is 1. The Morgan fingerprint density at radius 3 is 2.54 bits per heavy atom. The van der Waals surface area contributed by atoms with Crippen LogP contribution in [0.15, 0.2) is 59.5 Å². The van der Waals surface area contributed by atoms with Gasteiger partial charge in [0, 0.05) is 24.0 Å². The van der Waals surface area contributed by atoms with Crippen LogP contribution in [-0.4, -0.2) is 23.1 Å². The Morgan fingerprint density at radius 2 is 1.81 bits per heavy atom. The van der Waals surface area contributed by atoms with Crippen LogP contribution in [0.2, 0.25) is 5.02 Å². The molecule has 0 radical (unpaired) electrons. The SMILES string of the molecule is CC(CNC(=O)c1cn(C)c(=O)c2ccccc12)Oc1ccccc1Cl. The number of nitrogens with zero attached hydrogens (tertiary/aromatic N) is 1. The molecule has 0 aliphatic heterocycles. The number of nitrogens with one attached hydrogen (secondary N) is 1. The molecule has 0 bridgehead atoms. The summed E-state index contributed by atoms with van der Waals surface area (Å²) in [6.45, 7) is 2.16. The van der Waals surface area contributed by atoms with Crippen LogP contribution in [-0.2, 0) is 7.05 Å². The number of pyridine rings is 1. The number of rotatable bonds is 5. The summed E-state index contributed by atoms with van der Waals surface area (Å²) in [6.07, 6.45) is 1.29. The molecular weight excluding hydrogens is 352 g/mol. The maximum Gasteiger partial charge on any atom is 0.258 e. The summed E-state index contributed by atoms with van der Waals surface area (Å²) in [5.74, 6) is 0.315. The van der Waals surface area contributed by atoms with E-state index in [4.69, 9.17) is 16.3 Å². The van der Waals surface area contributed by atoms with E-state index >= 15 is 0 Å². The van der Waals surface area contributed by atoms with Gasteiger partial charge in [-0.3, -0.25) is 9.59 Å². The first-order chi connectivity index (χ1) is 12.5. The van der Waals surface area contributed by atoms with Gasteiger partial charge in [-0.25, -0.2) is 0 Å². The van der Waals surface area contributed by atoms with Crippen LogP contribution in [0.3, 0.4) is 0 Å².